The van der Waals surface area contributed by atoms with Crippen molar-refractivity contribution < 1.29 is 14.3 Å². The van der Waals surface area contributed by atoms with Crippen LogP contribution >= 0.6 is 11.6 Å². The second kappa shape index (κ2) is 8.85. The van der Waals surface area contributed by atoms with Crippen molar-refractivity contribution in [2.75, 3.05) is 20.7 Å². The Hall–Kier alpha value is -2.92. The van der Waals surface area contributed by atoms with Gasteiger partial charge in [-0.15, -0.1) is 0 Å². The maximum atomic E-state index is 13.1. The first kappa shape index (κ1) is 19.8. The summed E-state index contributed by atoms with van der Waals surface area (Å²) in [6.45, 7) is 0.459. The minimum Gasteiger partial charge on any atom is -0.469 e. The molecule has 0 aliphatic carbocycles. The molecule has 1 aromatic heterocycles. The summed E-state index contributed by atoms with van der Waals surface area (Å²) in [5.41, 5.74) is 2.93. The first-order valence-electron chi connectivity index (χ1n) is 8.97. The van der Waals surface area contributed by atoms with E-state index in [9.17, 15) is 9.59 Å². The van der Waals surface area contributed by atoms with Crippen LogP contribution in [0.2, 0.25) is 5.02 Å². The van der Waals surface area contributed by atoms with Crippen molar-refractivity contribution in [1.29, 1.82) is 0 Å². The maximum Gasteiger partial charge on any atom is 0.305 e. The third-order valence-corrected chi connectivity index (χ3v) is 4.79. The summed E-state index contributed by atoms with van der Waals surface area (Å²) < 4.78 is 4.65. The lowest BCUT2D eigenvalue weighted by molar-refractivity contribution is -0.140. The number of aromatic nitrogens is 1. The number of amides is 1. The van der Waals surface area contributed by atoms with Crippen molar-refractivity contribution in [2.24, 2.45) is 0 Å². The van der Waals surface area contributed by atoms with Gasteiger partial charge in [-0.25, -0.2) is 4.98 Å². The fraction of sp³-hybridized carbons (Fsp3) is 0.227. The monoisotopic (exact) mass is 396 g/mol. The van der Waals surface area contributed by atoms with E-state index >= 15 is 0 Å². The van der Waals surface area contributed by atoms with E-state index in [2.05, 4.69) is 4.74 Å². The Morgan fingerprint density at radius 2 is 1.82 bits per heavy atom. The van der Waals surface area contributed by atoms with E-state index in [-0.39, 0.29) is 18.3 Å². The molecule has 5 nitrogen and oxygen atoms in total. The van der Waals surface area contributed by atoms with Crippen LogP contribution < -0.4 is 0 Å². The number of benzene rings is 2. The van der Waals surface area contributed by atoms with E-state index < -0.39 is 0 Å². The van der Waals surface area contributed by atoms with E-state index in [0.717, 1.165) is 16.5 Å². The molecule has 0 N–H and O–H groups in total. The van der Waals surface area contributed by atoms with Gasteiger partial charge < -0.3 is 9.64 Å². The second-order valence-electron chi connectivity index (χ2n) is 6.49. The molecule has 0 atom stereocenters. The van der Waals surface area contributed by atoms with E-state index in [1.165, 1.54) is 7.11 Å². The standard InChI is InChI=1S/C22H21ClN2O3/c1-25(13-5-8-21(26)28-2)22(27)18-14-20(15-9-11-16(23)12-10-15)24-19-7-4-3-6-17(18)19/h3-4,6-7,9-12,14H,5,8,13H2,1-2H3. The fourth-order valence-electron chi connectivity index (χ4n) is 2.99. The number of rotatable bonds is 6. The molecule has 0 radical (unpaired) electrons. The maximum absolute atomic E-state index is 13.1. The second-order valence-corrected chi connectivity index (χ2v) is 6.92. The molecular weight excluding hydrogens is 376 g/mol. The number of nitrogens with zero attached hydrogens (tertiary/aromatic N) is 2. The number of hydrogen-bond acceptors (Lipinski definition) is 4. The van der Waals surface area contributed by atoms with Gasteiger partial charge in [-0.2, -0.15) is 0 Å². The Bertz CT molecular complexity index is 1000. The third-order valence-electron chi connectivity index (χ3n) is 4.54. The summed E-state index contributed by atoms with van der Waals surface area (Å²) in [5, 5.41) is 1.44. The van der Waals surface area contributed by atoms with Gasteiger partial charge in [0.05, 0.1) is 23.9 Å². The molecule has 3 aromatic rings. The number of para-hydroxylation sites is 1. The van der Waals surface area contributed by atoms with Gasteiger partial charge in [0.25, 0.3) is 5.91 Å². The fourth-order valence-corrected chi connectivity index (χ4v) is 3.12. The van der Waals surface area contributed by atoms with Crippen LogP contribution in [0, 0.1) is 0 Å². The number of hydrogen-bond donors (Lipinski definition) is 0. The van der Waals surface area contributed by atoms with E-state index in [4.69, 9.17) is 16.6 Å². The van der Waals surface area contributed by atoms with Gasteiger partial charge in [0.1, 0.15) is 0 Å². The van der Waals surface area contributed by atoms with Gasteiger partial charge in [0.2, 0.25) is 0 Å². The largest absolute Gasteiger partial charge is 0.469 e. The van der Waals surface area contributed by atoms with Crippen LogP contribution in [0.1, 0.15) is 23.2 Å². The molecule has 0 aliphatic heterocycles. The number of methoxy groups -OCH3 is 1. The molecule has 28 heavy (non-hydrogen) atoms. The Kier molecular flexibility index (Phi) is 6.26. The van der Waals surface area contributed by atoms with Gasteiger partial charge in [-0.1, -0.05) is 41.9 Å². The minimum absolute atomic E-state index is 0.112. The molecule has 0 spiro atoms. The zero-order valence-electron chi connectivity index (χ0n) is 15.8. The highest BCUT2D eigenvalue weighted by Gasteiger charge is 2.17. The quantitative estimate of drug-likeness (QED) is 0.572. The molecule has 0 aliphatic rings. The van der Waals surface area contributed by atoms with Crippen molar-refractivity contribution in [3.63, 3.8) is 0 Å². The Balaban J connectivity index is 1.93. The van der Waals surface area contributed by atoms with Gasteiger partial charge in [-0.3, -0.25) is 9.59 Å². The summed E-state index contributed by atoms with van der Waals surface area (Å²) in [6, 6.07) is 16.7. The van der Waals surface area contributed by atoms with Crippen molar-refractivity contribution in [1.82, 2.24) is 9.88 Å². The van der Waals surface area contributed by atoms with Crippen molar-refractivity contribution in [3.05, 3.63) is 65.2 Å². The summed E-state index contributed by atoms with van der Waals surface area (Å²) in [7, 11) is 3.09. The Labute approximate surface area is 168 Å². The van der Waals surface area contributed by atoms with E-state index in [1.54, 1.807) is 24.1 Å². The van der Waals surface area contributed by atoms with Crippen LogP contribution in [0.4, 0.5) is 0 Å². The first-order valence-corrected chi connectivity index (χ1v) is 9.35. The van der Waals surface area contributed by atoms with Crippen LogP contribution in [0.5, 0.6) is 0 Å². The normalized spacial score (nSPS) is 10.7. The molecule has 0 fully saturated rings. The van der Waals surface area contributed by atoms with Gasteiger partial charge in [0.15, 0.2) is 0 Å². The predicted molar refractivity (Wildman–Crippen MR) is 110 cm³/mol. The molecule has 0 bridgehead atoms. The highest BCUT2D eigenvalue weighted by atomic mass is 35.5. The smallest absolute Gasteiger partial charge is 0.305 e. The van der Waals surface area contributed by atoms with E-state index in [0.29, 0.717) is 29.2 Å². The number of carbonyl (C=O) groups excluding carboxylic acids is 2. The summed E-state index contributed by atoms with van der Waals surface area (Å²) in [4.78, 5) is 30.7. The zero-order valence-corrected chi connectivity index (χ0v) is 16.6. The van der Waals surface area contributed by atoms with Crippen molar-refractivity contribution in [2.45, 2.75) is 12.8 Å². The van der Waals surface area contributed by atoms with Crippen LogP contribution in [-0.2, 0) is 9.53 Å². The lowest BCUT2D eigenvalue weighted by Crippen LogP contribution is -2.28. The number of ether oxygens (including phenoxy) is 1. The average Bonchev–Trinajstić information content (AvgIpc) is 2.72. The average molecular weight is 397 g/mol. The lowest BCUT2D eigenvalue weighted by atomic mass is 10.0. The summed E-state index contributed by atoms with van der Waals surface area (Å²) in [5.74, 6) is -0.390. The molecule has 1 amide bonds. The Morgan fingerprint density at radius 1 is 1.11 bits per heavy atom. The molecule has 1 heterocycles. The van der Waals surface area contributed by atoms with Crippen LogP contribution in [-0.4, -0.2) is 42.5 Å². The molecule has 6 heteroatoms. The van der Waals surface area contributed by atoms with E-state index in [1.807, 2.05) is 42.5 Å². The predicted octanol–water partition coefficient (Wildman–Crippen LogP) is 4.58. The lowest BCUT2D eigenvalue weighted by Gasteiger charge is -2.18. The summed E-state index contributed by atoms with van der Waals surface area (Å²) >= 11 is 5.98. The number of fused-ring (bicyclic) bond motifs is 1. The molecule has 0 saturated heterocycles. The van der Waals surface area contributed by atoms with Crippen LogP contribution in [0.3, 0.4) is 0 Å². The van der Waals surface area contributed by atoms with Gasteiger partial charge >= 0.3 is 5.97 Å². The van der Waals surface area contributed by atoms with Crippen LogP contribution in [0.15, 0.2) is 54.6 Å². The topological polar surface area (TPSA) is 59.5 Å². The highest BCUT2D eigenvalue weighted by Crippen LogP contribution is 2.26. The highest BCUT2D eigenvalue weighted by molar-refractivity contribution is 6.30. The zero-order chi connectivity index (χ0) is 20.1. The molecule has 0 saturated carbocycles. The van der Waals surface area contributed by atoms with Gasteiger partial charge in [-0.05, 0) is 30.7 Å². The Morgan fingerprint density at radius 3 is 2.54 bits per heavy atom. The van der Waals surface area contributed by atoms with Crippen molar-refractivity contribution >= 4 is 34.4 Å². The van der Waals surface area contributed by atoms with Crippen molar-refractivity contribution in [3.8, 4) is 11.3 Å². The number of carbonyl (C=O) groups is 2. The molecule has 3 rings (SSSR count). The van der Waals surface area contributed by atoms with Crippen LogP contribution in [0.25, 0.3) is 22.2 Å². The number of halogens is 1. The molecule has 0 unspecified atom stereocenters. The summed E-state index contributed by atoms with van der Waals surface area (Å²) in [6.07, 6.45) is 0.823. The molecule has 2 aromatic carbocycles. The SMILES string of the molecule is COC(=O)CCCN(C)C(=O)c1cc(-c2ccc(Cl)cc2)nc2ccccc12. The number of esters is 1. The molecule has 144 valence electrons. The molecular formula is C22H21ClN2O3. The minimum atomic E-state index is -0.278. The van der Waals surface area contributed by atoms with Gasteiger partial charge in [0, 0.05) is 36.0 Å². The first-order chi connectivity index (χ1) is 13.5. The third kappa shape index (κ3) is 4.49. The number of pyridine rings is 1.